The molecule has 4 rings (SSSR count). The molecule has 0 saturated carbocycles. The number of carbonyl (C=O) groups excluding carboxylic acids is 1. The zero-order chi connectivity index (χ0) is 22.2. The number of amides is 1. The minimum Gasteiger partial charge on any atom is -0.352 e. The molecular weight excluding hydrogens is 438 g/mol. The van der Waals surface area contributed by atoms with Gasteiger partial charge in [-0.15, -0.1) is 0 Å². The summed E-state index contributed by atoms with van der Waals surface area (Å²) < 4.78 is 53.2. The molecule has 0 unspecified atom stereocenters. The molecule has 1 aromatic carbocycles. The summed E-state index contributed by atoms with van der Waals surface area (Å²) in [5, 5.41) is 4.13. The smallest absolute Gasteiger partial charge is 0.352 e. The Kier molecular flexibility index (Phi) is 5.57. The number of halogens is 5. The summed E-state index contributed by atoms with van der Waals surface area (Å²) in [5.41, 5.74) is -0.209. The SMILES string of the molecule is O=C(c1ccn(-c2cccc(F)c2)n1)N1CCN(c2ncc(C(F)(F)F)cc2Cl)CC1. The average molecular weight is 454 g/mol. The van der Waals surface area contributed by atoms with E-state index in [0.29, 0.717) is 31.9 Å². The number of benzene rings is 1. The van der Waals surface area contributed by atoms with Crippen LogP contribution >= 0.6 is 11.6 Å². The highest BCUT2D eigenvalue weighted by Gasteiger charge is 2.32. The van der Waals surface area contributed by atoms with Crippen molar-refractivity contribution in [1.82, 2.24) is 19.7 Å². The van der Waals surface area contributed by atoms with Crippen LogP contribution in [0.5, 0.6) is 0 Å². The lowest BCUT2D eigenvalue weighted by molar-refractivity contribution is -0.137. The van der Waals surface area contributed by atoms with Gasteiger partial charge in [-0.3, -0.25) is 4.79 Å². The summed E-state index contributed by atoms with van der Waals surface area (Å²) in [7, 11) is 0. The Morgan fingerprint density at radius 1 is 1.06 bits per heavy atom. The number of nitrogens with zero attached hydrogens (tertiary/aromatic N) is 5. The van der Waals surface area contributed by atoms with Crippen molar-refractivity contribution in [1.29, 1.82) is 0 Å². The molecule has 0 bridgehead atoms. The summed E-state index contributed by atoms with van der Waals surface area (Å²) in [4.78, 5) is 20.0. The molecule has 0 radical (unpaired) electrons. The highest BCUT2D eigenvalue weighted by Crippen LogP contribution is 2.33. The molecular formula is C20H16ClF4N5O. The average Bonchev–Trinajstić information content (AvgIpc) is 3.23. The topological polar surface area (TPSA) is 54.3 Å². The third kappa shape index (κ3) is 4.48. The Bertz CT molecular complexity index is 1110. The zero-order valence-electron chi connectivity index (χ0n) is 16.0. The molecule has 3 aromatic rings. The van der Waals surface area contributed by atoms with Gasteiger partial charge >= 0.3 is 6.18 Å². The molecule has 0 atom stereocenters. The van der Waals surface area contributed by atoms with E-state index in [1.807, 2.05) is 0 Å². The Morgan fingerprint density at radius 2 is 1.81 bits per heavy atom. The summed E-state index contributed by atoms with van der Waals surface area (Å²) in [6, 6.07) is 8.24. The van der Waals surface area contributed by atoms with Crippen molar-refractivity contribution in [3.63, 3.8) is 0 Å². The Balaban J connectivity index is 1.42. The fraction of sp³-hybridized carbons (Fsp3) is 0.250. The number of alkyl halides is 3. The third-order valence-corrected chi connectivity index (χ3v) is 5.17. The van der Waals surface area contributed by atoms with Crippen LogP contribution in [0.15, 0.2) is 48.8 Å². The predicted octanol–water partition coefficient (Wildman–Crippen LogP) is 4.04. The van der Waals surface area contributed by atoms with Crippen LogP contribution in [0.25, 0.3) is 5.69 Å². The predicted molar refractivity (Wildman–Crippen MR) is 106 cm³/mol. The van der Waals surface area contributed by atoms with Gasteiger partial charge in [-0.2, -0.15) is 18.3 Å². The van der Waals surface area contributed by atoms with Crippen molar-refractivity contribution in [3.05, 3.63) is 70.9 Å². The second-order valence-electron chi connectivity index (χ2n) is 6.93. The monoisotopic (exact) mass is 453 g/mol. The van der Waals surface area contributed by atoms with E-state index in [1.165, 1.54) is 16.8 Å². The van der Waals surface area contributed by atoms with E-state index in [-0.39, 0.29) is 22.4 Å². The van der Waals surface area contributed by atoms with Gasteiger partial charge in [0.05, 0.1) is 16.3 Å². The van der Waals surface area contributed by atoms with Crippen molar-refractivity contribution >= 4 is 23.3 Å². The lowest BCUT2D eigenvalue weighted by atomic mass is 10.2. The van der Waals surface area contributed by atoms with Gasteiger partial charge in [-0.1, -0.05) is 17.7 Å². The van der Waals surface area contributed by atoms with Gasteiger partial charge in [-0.05, 0) is 30.3 Å². The van der Waals surface area contributed by atoms with Crippen LogP contribution < -0.4 is 4.90 Å². The van der Waals surface area contributed by atoms with E-state index >= 15 is 0 Å². The van der Waals surface area contributed by atoms with Crippen molar-refractivity contribution in [2.24, 2.45) is 0 Å². The van der Waals surface area contributed by atoms with E-state index in [4.69, 9.17) is 11.6 Å². The zero-order valence-corrected chi connectivity index (χ0v) is 16.7. The number of anilines is 1. The molecule has 1 amide bonds. The first-order valence-electron chi connectivity index (χ1n) is 9.31. The molecule has 1 aliphatic rings. The van der Waals surface area contributed by atoms with Gasteiger partial charge in [0, 0.05) is 38.6 Å². The van der Waals surface area contributed by atoms with E-state index in [2.05, 4.69) is 10.1 Å². The van der Waals surface area contributed by atoms with Crippen LogP contribution in [-0.4, -0.2) is 51.8 Å². The molecule has 31 heavy (non-hydrogen) atoms. The molecule has 1 fully saturated rings. The Morgan fingerprint density at radius 3 is 2.45 bits per heavy atom. The van der Waals surface area contributed by atoms with E-state index in [1.54, 1.807) is 34.2 Å². The van der Waals surface area contributed by atoms with Gasteiger partial charge < -0.3 is 9.80 Å². The maximum Gasteiger partial charge on any atom is 0.417 e. The maximum atomic E-state index is 13.4. The molecule has 162 valence electrons. The van der Waals surface area contributed by atoms with Gasteiger partial charge in [0.15, 0.2) is 5.69 Å². The van der Waals surface area contributed by atoms with Crippen molar-refractivity contribution in [3.8, 4) is 5.69 Å². The fourth-order valence-electron chi connectivity index (χ4n) is 3.30. The van der Waals surface area contributed by atoms with Crippen molar-refractivity contribution in [2.75, 3.05) is 31.1 Å². The lowest BCUT2D eigenvalue weighted by Crippen LogP contribution is -2.49. The number of aromatic nitrogens is 3. The molecule has 0 spiro atoms. The normalized spacial score (nSPS) is 14.7. The number of pyridine rings is 1. The minimum absolute atomic E-state index is 0.0940. The summed E-state index contributed by atoms with van der Waals surface area (Å²) in [6.07, 6.45) is -2.20. The maximum absolute atomic E-state index is 13.4. The number of carbonyl (C=O) groups is 1. The van der Waals surface area contributed by atoms with Crippen LogP contribution in [0, 0.1) is 5.82 Å². The second-order valence-corrected chi connectivity index (χ2v) is 7.34. The lowest BCUT2D eigenvalue weighted by Gasteiger charge is -2.35. The molecule has 3 heterocycles. The summed E-state index contributed by atoms with van der Waals surface area (Å²) in [6.45, 7) is 1.36. The van der Waals surface area contributed by atoms with Crippen molar-refractivity contribution < 1.29 is 22.4 Å². The van der Waals surface area contributed by atoms with Crippen molar-refractivity contribution in [2.45, 2.75) is 6.18 Å². The summed E-state index contributed by atoms with van der Waals surface area (Å²) >= 11 is 6.01. The first kappa shape index (κ1) is 21.1. The molecule has 11 heteroatoms. The van der Waals surface area contributed by atoms with Crippen LogP contribution in [0.3, 0.4) is 0 Å². The fourth-order valence-corrected chi connectivity index (χ4v) is 3.59. The number of piperazine rings is 1. The van der Waals surface area contributed by atoms with E-state index in [9.17, 15) is 22.4 Å². The Hall–Kier alpha value is -3.14. The minimum atomic E-state index is -4.52. The first-order valence-corrected chi connectivity index (χ1v) is 9.69. The van der Waals surface area contributed by atoms with Crippen LogP contribution in [0.1, 0.15) is 16.1 Å². The molecule has 1 saturated heterocycles. The number of hydrogen-bond donors (Lipinski definition) is 0. The summed E-state index contributed by atoms with van der Waals surface area (Å²) in [5.74, 6) is -0.453. The van der Waals surface area contributed by atoms with E-state index in [0.717, 1.165) is 12.3 Å². The standard InChI is InChI=1S/C20H16ClF4N5O/c21-16-10-13(20(23,24)25)12-26-18(16)28-6-8-29(9-7-28)19(31)17-4-5-30(27-17)15-3-1-2-14(22)11-15/h1-5,10-12H,6-9H2. The van der Waals surface area contributed by atoms with Gasteiger partial charge in [0.2, 0.25) is 0 Å². The quantitative estimate of drug-likeness (QED) is 0.562. The van der Waals surface area contributed by atoms with Crippen LogP contribution in [-0.2, 0) is 6.18 Å². The molecule has 1 aliphatic heterocycles. The third-order valence-electron chi connectivity index (χ3n) is 4.90. The molecule has 0 aliphatic carbocycles. The van der Waals surface area contributed by atoms with Gasteiger partial charge in [0.25, 0.3) is 5.91 Å². The molecule has 2 aromatic heterocycles. The molecule has 0 N–H and O–H groups in total. The van der Waals surface area contributed by atoms with Crippen LogP contribution in [0.4, 0.5) is 23.4 Å². The van der Waals surface area contributed by atoms with Crippen LogP contribution in [0.2, 0.25) is 5.02 Å². The highest BCUT2D eigenvalue weighted by molar-refractivity contribution is 6.33. The first-order chi connectivity index (χ1) is 14.7. The van der Waals surface area contributed by atoms with E-state index < -0.39 is 17.6 Å². The Labute approximate surface area is 179 Å². The number of hydrogen-bond acceptors (Lipinski definition) is 4. The highest BCUT2D eigenvalue weighted by atomic mass is 35.5. The largest absolute Gasteiger partial charge is 0.417 e. The van der Waals surface area contributed by atoms with Gasteiger partial charge in [-0.25, -0.2) is 14.1 Å². The van der Waals surface area contributed by atoms with Gasteiger partial charge in [0.1, 0.15) is 11.6 Å². The molecule has 6 nitrogen and oxygen atoms in total. The second kappa shape index (κ2) is 8.18. The number of rotatable bonds is 3.